The summed E-state index contributed by atoms with van der Waals surface area (Å²) in [5, 5.41) is 7.06. The van der Waals surface area contributed by atoms with Gasteiger partial charge < -0.3 is 25.3 Å². The van der Waals surface area contributed by atoms with Crippen LogP contribution in [-0.2, 0) is 38.0 Å². The van der Waals surface area contributed by atoms with Gasteiger partial charge in [-0.2, -0.15) is 26.3 Å². The molecule has 0 saturated carbocycles. The zero-order valence-electron chi connectivity index (χ0n) is 25.2. The van der Waals surface area contributed by atoms with Crippen molar-refractivity contribution in [3.63, 3.8) is 0 Å². The van der Waals surface area contributed by atoms with Crippen LogP contribution in [-0.4, -0.2) is 47.5 Å². The Balaban J connectivity index is 2.34. The normalized spacial score (nSPS) is 12.6. The number of carbonyl (C=O) groups excluding carboxylic acids is 4. The molecule has 1 aromatic carbocycles. The Morgan fingerprint density at radius 2 is 1.61 bits per heavy atom. The van der Waals surface area contributed by atoms with E-state index in [4.69, 9.17) is 4.74 Å². The lowest BCUT2D eigenvalue weighted by Gasteiger charge is -2.19. The van der Waals surface area contributed by atoms with Gasteiger partial charge in [-0.15, -0.1) is 0 Å². The molecule has 16 heteroatoms. The Morgan fingerprint density at radius 3 is 2.17 bits per heavy atom. The van der Waals surface area contributed by atoms with E-state index in [2.05, 4.69) is 16.0 Å². The van der Waals surface area contributed by atoms with Gasteiger partial charge in [0.25, 0.3) is 11.5 Å². The second kappa shape index (κ2) is 16.6. The number of benzene rings is 1. The van der Waals surface area contributed by atoms with E-state index >= 15 is 0 Å². The lowest BCUT2D eigenvalue weighted by Crippen LogP contribution is -2.44. The Labute approximate surface area is 260 Å². The summed E-state index contributed by atoms with van der Waals surface area (Å²) in [5.41, 5.74) is -5.60. The smallest absolute Gasteiger partial charge is 0.416 e. The number of aromatic nitrogens is 1. The second-order valence-electron chi connectivity index (χ2n) is 10.4. The molecule has 0 aliphatic rings. The summed E-state index contributed by atoms with van der Waals surface area (Å²) in [6, 6.07) is 1.23. The average molecular weight is 661 g/mol. The quantitative estimate of drug-likeness (QED) is 0.153. The lowest BCUT2D eigenvalue weighted by molar-refractivity contribution is -0.143. The molecule has 3 N–H and O–H groups in total. The number of amides is 3. The number of halogens is 6. The molecule has 0 radical (unpaired) electrons. The lowest BCUT2D eigenvalue weighted by atomic mass is 10.0. The number of nitrogens with zero attached hydrogens (tertiary/aromatic N) is 1. The number of hydrogen-bond donors (Lipinski definition) is 3. The van der Waals surface area contributed by atoms with Crippen LogP contribution in [0, 0.1) is 5.92 Å². The molecule has 252 valence electrons. The molecule has 1 unspecified atom stereocenters. The highest BCUT2D eigenvalue weighted by atomic mass is 19.4. The number of rotatable bonds is 14. The second-order valence-corrected chi connectivity index (χ2v) is 10.4. The molecule has 0 fully saturated rings. The van der Waals surface area contributed by atoms with Crippen molar-refractivity contribution < 1.29 is 50.3 Å². The van der Waals surface area contributed by atoms with Crippen LogP contribution < -0.4 is 21.5 Å². The maximum Gasteiger partial charge on any atom is 0.416 e. The summed E-state index contributed by atoms with van der Waals surface area (Å²) in [6.07, 6.45) is -6.50. The maximum atomic E-state index is 13.3. The molecular weight excluding hydrogens is 626 g/mol. The topological polar surface area (TPSA) is 136 Å². The number of ether oxygens (including phenoxy) is 1. The molecular formula is C30H34F6N4O6. The monoisotopic (exact) mass is 660 g/mol. The van der Waals surface area contributed by atoms with Gasteiger partial charge in [0, 0.05) is 24.4 Å². The Hall–Kier alpha value is -4.63. The minimum atomic E-state index is -5.22. The summed E-state index contributed by atoms with van der Waals surface area (Å²) in [7, 11) is 0. The summed E-state index contributed by atoms with van der Waals surface area (Å²) in [5.74, 6) is -3.33. The number of hydrogen-bond acceptors (Lipinski definition) is 6. The van der Waals surface area contributed by atoms with Crippen molar-refractivity contribution in [3.8, 4) is 0 Å². The van der Waals surface area contributed by atoms with E-state index in [1.807, 2.05) is 13.8 Å². The molecule has 0 bridgehead atoms. The first kappa shape index (κ1) is 37.6. The van der Waals surface area contributed by atoms with Crippen molar-refractivity contribution >= 4 is 29.4 Å². The van der Waals surface area contributed by atoms with E-state index in [-0.39, 0.29) is 49.9 Å². The van der Waals surface area contributed by atoms with Crippen molar-refractivity contribution in [2.75, 3.05) is 18.5 Å². The third-order valence-electron chi connectivity index (χ3n) is 6.27. The number of allylic oxidation sites excluding steroid dienone is 1. The van der Waals surface area contributed by atoms with Crippen LogP contribution in [0.1, 0.15) is 61.5 Å². The van der Waals surface area contributed by atoms with E-state index in [0.29, 0.717) is 18.9 Å². The molecule has 2 rings (SSSR count). The van der Waals surface area contributed by atoms with Gasteiger partial charge in [-0.1, -0.05) is 19.9 Å². The minimum Gasteiger partial charge on any atom is -0.463 e. The number of pyridine rings is 1. The standard InChI is InChI=1S/C30H34F6N4O6/c1-4-46-25(42)10-6-5-8-22(38-26(43)19-14-20(29(31,32)33)16-21(15-19)30(34,35)36)27(44)39-23-9-7-13-40(28(23)45)17-24(41)37-12-11-18(2)3/h6-7,9-10,13-16,18,22H,4-5,8,11-12,17H2,1-3H3,(H,37,41)(H,38,43)(H,39,44)/b10-6+. The summed E-state index contributed by atoms with van der Waals surface area (Å²) >= 11 is 0. The largest absolute Gasteiger partial charge is 0.463 e. The van der Waals surface area contributed by atoms with E-state index in [1.54, 1.807) is 6.92 Å². The molecule has 1 aromatic heterocycles. The van der Waals surface area contributed by atoms with Crippen molar-refractivity contribution in [2.45, 2.75) is 65.0 Å². The van der Waals surface area contributed by atoms with Crippen LogP contribution in [0.5, 0.6) is 0 Å². The van der Waals surface area contributed by atoms with Crippen molar-refractivity contribution in [1.82, 2.24) is 15.2 Å². The van der Waals surface area contributed by atoms with E-state index in [9.17, 15) is 50.3 Å². The van der Waals surface area contributed by atoms with Gasteiger partial charge in [-0.3, -0.25) is 19.2 Å². The molecule has 0 spiro atoms. The minimum absolute atomic E-state index is 0.0787. The fraction of sp³-hybridized carbons (Fsp3) is 0.433. The van der Waals surface area contributed by atoms with Gasteiger partial charge in [-0.05, 0) is 62.4 Å². The van der Waals surface area contributed by atoms with Gasteiger partial charge >= 0.3 is 18.3 Å². The Kier molecular flexibility index (Phi) is 13.6. The SMILES string of the molecule is CCOC(=O)/C=C/CCC(NC(=O)c1cc(C(F)(F)F)cc(C(F)(F)F)c1)C(=O)Nc1cccn(CC(=O)NCCC(C)C)c1=O. The zero-order valence-corrected chi connectivity index (χ0v) is 25.2. The molecule has 10 nitrogen and oxygen atoms in total. The Bertz CT molecular complexity index is 1450. The van der Waals surface area contributed by atoms with Crippen LogP contribution in [0.2, 0.25) is 0 Å². The number of carbonyl (C=O) groups is 4. The molecule has 46 heavy (non-hydrogen) atoms. The molecule has 0 aliphatic heterocycles. The molecule has 1 atom stereocenters. The molecule has 2 aromatic rings. The average Bonchev–Trinajstić information content (AvgIpc) is 2.95. The van der Waals surface area contributed by atoms with E-state index < -0.39 is 64.3 Å². The third-order valence-corrected chi connectivity index (χ3v) is 6.27. The highest BCUT2D eigenvalue weighted by Gasteiger charge is 2.38. The fourth-order valence-corrected chi connectivity index (χ4v) is 3.92. The number of anilines is 1. The fourth-order valence-electron chi connectivity index (χ4n) is 3.92. The first-order valence-electron chi connectivity index (χ1n) is 14.1. The molecule has 0 saturated heterocycles. The maximum absolute atomic E-state index is 13.3. The van der Waals surface area contributed by atoms with Crippen LogP contribution in [0.4, 0.5) is 32.0 Å². The Morgan fingerprint density at radius 1 is 0.978 bits per heavy atom. The predicted octanol–water partition coefficient (Wildman–Crippen LogP) is 4.68. The van der Waals surface area contributed by atoms with Crippen molar-refractivity contribution in [2.24, 2.45) is 5.92 Å². The van der Waals surface area contributed by atoms with Crippen LogP contribution in [0.15, 0.2) is 53.5 Å². The number of esters is 1. The van der Waals surface area contributed by atoms with Gasteiger partial charge in [0.05, 0.1) is 17.7 Å². The molecule has 3 amide bonds. The molecule has 1 heterocycles. The van der Waals surface area contributed by atoms with Gasteiger partial charge in [-0.25, -0.2) is 4.79 Å². The van der Waals surface area contributed by atoms with Crippen molar-refractivity contribution in [1.29, 1.82) is 0 Å². The number of alkyl halides is 6. The van der Waals surface area contributed by atoms with E-state index in [0.717, 1.165) is 10.6 Å². The van der Waals surface area contributed by atoms with Crippen LogP contribution in [0.25, 0.3) is 0 Å². The first-order valence-corrected chi connectivity index (χ1v) is 14.1. The summed E-state index contributed by atoms with van der Waals surface area (Å²) in [4.78, 5) is 63.0. The highest BCUT2D eigenvalue weighted by Crippen LogP contribution is 2.36. The zero-order chi connectivity index (χ0) is 34.7. The summed E-state index contributed by atoms with van der Waals surface area (Å²) < 4.78 is 85.8. The van der Waals surface area contributed by atoms with Crippen LogP contribution >= 0.6 is 0 Å². The number of nitrogens with one attached hydrogen (secondary N) is 3. The van der Waals surface area contributed by atoms with Gasteiger partial charge in [0.15, 0.2) is 0 Å². The third kappa shape index (κ3) is 12.0. The van der Waals surface area contributed by atoms with Gasteiger partial charge in [0.2, 0.25) is 11.8 Å². The molecule has 0 aliphatic carbocycles. The van der Waals surface area contributed by atoms with Crippen LogP contribution in [0.3, 0.4) is 0 Å². The van der Waals surface area contributed by atoms with Crippen molar-refractivity contribution in [3.05, 3.63) is 75.7 Å². The highest BCUT2D eigenvalue weighted by molar-refractivity contribution is 6.01. The van der Waals surface area contributed by atoms with E-state index in [1.165, 1.54) is 24.4 Å². The predicted molar refractivity (Wildman–Crippen MR) is 155 cm³/mol. The van der Waals surface area contributed by atoms with Gasteiger partial charge in [0.1, 0.15) is 18.3 Å². The first-order chi connectivity index (χ1) is 21.4. The summed E-state index contributed by atoms with van der Waals surface area (Å²) in [6.45, 7) is 5.58.